The Hall–Kier alpha value is -2.21. The molecular weight excluding hydrogens is 343 g/mol. The van der Waals surface area contributed by atoms with E-state index in [1.807, 2.05) is 24.2 Å². The fourth-order valence-electron chi connectivity index (χ4n) is 3.69. The minimum absolute atomic E-state index is 0.147. The van der Waals surface area contributed by atoms with Crippen LogP contribution < -0.4 is 0 Å². The standard InChI is InChI=1S/C21H29FN4O/c1-16(2)20-15-24(12-13-25-11-9-23-17(25)3)10-8-21(27)26(20)14-18-4-6-19(22)7-5-18/h4-7,9,11,16,20H,8,10,12-15H2,1-3H3. The number of aryl methyl sites for hydroxylation is 1. The highest BCUT2D eigenvalue weighted by Crippen LogP contribution is 2.21. The van der Waals surface area contributed by atoms with Gasteiger partial charge < -0.3 is 9.47 Å². The predicted molar refractivity (Wildman–Crippen MR) is 104 cm³/mol. The number of rotatable bonds is 6. The number of benzene rings is 1. The lowest BCUT2D eigenvalue weighted by Gasteiger charge is -2.35. The molecule has 2 heterocycles. The van der Waals surface area contributed by atoms with Gasteiger partial charge in [0.1, 0.15) is 11.6 Å². The van der Waals surface area contributed by atoms with E-state index in [2.05, 4.69) is 28.3 Å². The Labute approximate surface area is 160 Å². The molecule has 1 aliphatic rings. The molecule has 1 aromatic carbocycles. The zero-order chi connectivity index (χ0) is 19.4. The second-order valence-corrected chi connectivity index (χ2v) is 7.68. The van der Waals surface area contributed by atoms with Gasteiger partial charge in [-0.2, -0.15) is 0 Å². The van der Waals surface area contributed by atoms with Gasteiger partial charge in [-0.15, -0.1) is 0 Å². The van der Waals surface area contributed by atoms with E-state index in [9.17, 15) is 9.18 Å². The first kappa shape index (κ1) is 19.5. The number of carbonyl (C=O) groups excluding carboxylic acids is 1. The third kappa shape index (κ3) is 4.95. The molecule has 0 radical (unpaired) electrons. The van der Waals surface area contributed by atoms with Gasteiger partial charge in [0.15, 0.2) is 0 Å². The molecule has 1 aliphatic heterocycles. The van der Waals surface area contributed by atoms with Crippen LogP contribution in [0.3, 0.4) is 0 Å². The van der Waals surface area contributed by atoms with Crippen LogP contribution in [0.4, 0.5) is 4.39 Å². The predicted octanol–water partition coefficient (Wildman–Crippen LogP) is 3.09. The molecule has 146 valence electrons. The van der Waals surface area contributed by atoms with Crippen molar-refractivity contribution >= 4 is 5.91 Å². The third-order valence-corrected chi connectivity index (χ3v) is 5.42. The van der Waals surface area contributed by atoms with E-state index < -0.39 is 0 Å². The summed E-state index contributed by atoms with van der Waals surface area (Å²) in [6.07, 6.45) is 4.34. The molecular formula is C21H29FN4O. The van der Waals surface area contributed by atoms with Crippen LogP contribution in [-0.2, 0) is 17.9 Å². The first-order valence-corrected chi connectivity index (χ1v) is 9.68. The van der Waals surface area contributed by atoms with Crippen molar-refractivity contribution in [3.63, 3.8) is 0 Å². The van der Waals surface area contributed by atoms with E-state index >= 15 is 0 Å². The highest BCUT2D eigenvalue weighted by atomic mass is 19.1. The second-order valence-electron chi connectivity index (χ2n) is 7.68. The Bertz CT molecular complexity index is 756. The third-order valence-electron chi connectivity index (χ3n) is 5.42. The van der Waals surface area contributed by atoms with Crippen LogP contribution >= 0.6 is 0 Å². The molecule has 1 fully saturated rings. The van der Waals surface area contributed by atoms with Crippen molar-refractivity contribution in [2.24, 2.45) is 5.92 Å². The SMILES string of the molecule is Cc1nccn1CCN1CCC(=O)N(Cc2ccc(F)cc2)C(C(C)C)C1. The molecule has 0 spiro atoms. The Morgan fingerprint density at radius 3 is 2.59 bits per heavy atom. The quantitative estimate of drug-likeness (QED) is 0.782. The van der Waals surface area contributed by atoms with Crippen LogP contribution in [0, 0.1) is 18.7 Å². The van der Waals surface area contributed by atoms with Crippen molar-refractivity contribution in [1.82, 2.24) is 19.4 Å². The van der Waals surface area contributed by atoms with Crippen LogP contribution in [0.1, 0.15) is 31.7 Å². The van der Waals surface area contributed by atoms with Crippen molar-refractivity contribution in [2.45, 2.75) is 46.3 Å². The van der Waals surface area contributed by atoms with Crippen LogP contribution in [-0.4, -0.2) is 50.9 Å². The molecule has 1 atom stereocenters. The molecule has 3 rings (SSSR count). The number of hydrogen-bond acceptors (Lipinski definition) is 3. The zero-order valence-corrected chi connectivity index (χ0v) is 16.4. The highest BCUT2D eigenvalue weighted by molar-refractivity contribution is 5.77. The van der Waals surface area contributed by atoms with Crippen LogP contribution in [0.25, 0.3) is 0 Å². The number of hydrogen-bond donors (Lipinski definition) is 0. The van der Waals surface area contributed by atoms with E-state index in [0.717, 1.165) is 37.6 Å². The Balaban J connectivity index is 1.70. The van der Waals surface area contributed by atoms with Crippen molar-refractivity contribution in [3.8, 4) is 0 Å². The summed E-state index contributed by atoms with van der Waals surface area (Å²) in [7, 11) is 0. The largest absolute Gasteiger partial charge is 0.334 e. The molecule has 1 aromatic heterocycles. The number of aromatic nitrogens is 2. The molecule has 0 bridgehead atoms. The molecule has 27 heavy (non-hydrogen) atoms. The summed E-state index contributed by atoms with van der Waals surface area (Å²) in [5.41, 5.74) is 0.970. The van der Waals surface area contributed by atoms with E-state index in [0.29, 0.717) is 18.9 Å². The second kappa shape index (κ2) is 8.65. The Morgan fingerprint density at radius 2 is 1.96 bits per heavy atom. The number of amides is 1. The van der Waals surface area contributed by atoms with Crippen molar-refractivity contribution in [2.75, 3.05) is 19.6 Å². The fourth-order valence-corrected chi connectivity index (χ4v) is 3.69. The van der Waals surface area contributed by atoms with Crippen molar-refractivity contribution < 1.29 is 9.18 Å². The van der Waals surface area contributed by atoms with Gasteiger partial charge in [-0.1, -0.05) is 26.0 Å². The van der Waals surface area contributed by atoms with Gasteiger partial charge in [-0.05, 0) is 30.5 Å². The first-order valence-electron chi connectivity index (χ1n) is 9.68. The molecule has 6 heteroatoms. The van der Waals surface area contributed by atoms with Crippen LogP contribution in [0.2, 0.25) is 0 Å². The lowest BCUT2D eigenvalue weighted by atomic mass is 10.0. The number of imidazole rings is 1. The first-order chi connectivity index (χ1) is 12.9. The van der Waals surface area contributed by atoms with Gasteiger partial charge in [-0.3, -0.25) is 9.69 Å². The van der Waals surface area contributed by atoms with Crippen molar-refractivity contribution in [1.29, 1.82) is 0 Å². The number of nitrogens with zero attached hydrogens (tertiary/aromatic N) is 4. The minimum atomic E-state index is -0.248. The molecule has 1 amide bonds. The summed E-state index contributed by atoms with van der Waals surface area (Å²) in [5.74, 6) is 1.30. The van der Waals surface area contributed by atoms with Crippen LogP contribution in [0.5, 0.6) is 0 Å². The highest BCUT2D eigenvalue weighted by Gasteiger charge is 2.31. The molecule has 1 saturated heterocycles. The minimum Gasteiger partial charge on any atom is -0.334 e. The lowest BCUT2D eigenvalue weighted by molar-refractivity contribution is -0.134. The molecule has 2 aromatic rings. The fraction of sp³-hybridized carbons (Fsp3) is 0.524. The summed E-state index contributed by atoms with van der Waals surface area (Å²) in [6, 6.07) is 6.60. The molecule has 0 aliphatic carbocycles. The molecule has 5 nitrogen and oxygen atoms in total. The zero-order valence-electron chi connectivity index (χ0n) is 16.4. The topological polar surface area (TPSA) is 41.4 Å². The Kier molecular flexibility index (Phi) is 6.26. The maximum atomic E-state index is 13.2. The summed E-state index contributed by atoms with van der Waals surface area (Å²) in [6.45, 7) is 10.3. The van der Waals surface area contributed by atoms with Crippen LogP contribution in [0.15, 0.2) is 36.7 Å². The van der Waals surface area contributed by atoms with Gasteiger partial charge >= 0.3 is 0 Å². The normalized spacial score (nSPS) is 18.9. The summed E-state index contributed by atoms with van der Waals surface area (Å²) < 4.78 is 15.3. The monoisotopic (exact) mass is 372 g/mol. The van der Waals surface area contributed by atoms with E-state index in [1.54, 1.807) is 12.1 Å². The van der Waals surface area contributed by atoms with Gasteiger partial charge in [0.2, 0.25) is 5.91 Å². The lowest BCUT2D eigenvalue weighted by Crippen LogP contribution is -2.46. The maximum absolute atomic E-state index is 13.2. The smallest absolute Gasteiger partial charge is 0.224 e. The molecule has 1 unspecified atom stereocenters. The number of halogens is 1. The van der Waals surface area contributed by atoms with E-state index in [4.69, 9.17) is 0 Å². The maximum Gasteiger partial charge on any atom is 0.224 e. The number of carbonyl (C=O) groups is 1. The summed E-state index contributed by atoms with van der Waals surface area (Å²) in [4.78, 5) is 21.5. The van der Waals surface area contributed by atoms with Crippen molar-refractivity contribution in [3.05, 3.63) is 53.9 Å². The average molecular weight is 372 g/mol. The average Bonchev–Trinajstić information content (AvgIpc) is 2.98. The van der Waals surface area contributed by atoms with Gasteiger partial charge in [0.25, 0.3) is 0 Å². The van der Waals surface area contributed by atoms with E-state index in [1.165, 1.54) is 12.1 Å². The van der Waals surface area contributed by atoms with E-state index in [-0.39, 0.29) is 17.8 Å². The molecule has 0 N–H and O–H groups in total. The van der Waals surface area contributed by atoms with Gasteiger partial charge in [0.05, 0.1) is 0 Å². The van der Waals surface area contributed by atoms with Gasteiger partial charge in [0, 0.05) is 57.6 Å². The Morgan fingerprint density at radius 1 is 1.22 bits per heavy atom. The van der Waals surface area contributed by atoms with Gasteiger partial charge in [-0.25, -0.2) is 9.37 Å². The summed E-state index contributed by atoms with van der Waals surface area (Å²) >= 11 is 0. The summed E-state index contributed by atoms with van der Waals surface area (Å²) in [5, 5.41) is 0. The molecule has 0 saturated carbocycles.